The van der Waals surface area contributed by atoms with E-state index in [4.69, 9.17) is 0 Å². The minimum absolute atomic E-state index is 0.146. The maximum atomic E-state index is 13.4. The van der Waals surface area contributed by atoms with Crippen LogP contribution in [0.3, 0.4) is 0 Å². The number of hydrogen-bond donors (Lipinski definition) is 2. The lowest BCUT2D eigenvalue weighted by atomic mass is 10.0. The summed E-state index contributed by atoms with van der Waals surface area (Å²) in [5.74, 6) is 0.553. The van der Waals surface area contributed by atoms with Crippen LogP contribution < -0.4 is 5.32 Å². The first-order valence-electron chi connectivity index (χ1n) is 9.81. The molecule has 0 aliphatic heterocycles. The minimum atomic E-state index is -0.146. The van der Waals surface area contributed by atoms with Gasteiger partial charge in [-0.3, -0.25) is 5.10 Å². The Morgan fingerprint density at radius 2 is 1.72 bits per heavy atom. The SMILES string of the molecule is Fc1ccc2c(c1)CC(NCc1ccc(-c3cccc(-c4nc[nH]n4)c3)cc1)C2. The molecule has 0 spiro atoms. The van der Waals surface area contributed by atoms with E-state index in [0.717, 1.165) is 41.6 Å². The van der Waals surface area contributed by atoms with E-state index in [1.165, 1.54) is 11.1 Å². The van der Waals surface area contributed by atoms with Crippen molar-refractivity contribution in [3.63, 3.8) is 0 Å². The van der Waals surface area contributed by atoms with Gasteiger partial charge in [-0.15, -0.1) is 0 Å². The molecule has 1 heterocycles. The van der Waals surface area contributed by atoms with E-state index in [2.05, 4.69) is 56.9 Å². The monoisotopic (exact) mass is 384 g/mol. The van der Waals surface area contributed by atoms with Gasteiger partial charge in [0.2, 0.25) is 0 Å². The first kappa shape index (κ1) is 17.8. The molecule has 5 heteroatoms. The molecule has 5 rings (SSSR count). The van der Waals surface area contributed by atoms with Crippen LogP contribution in [0, 0.1) is 5.82 Å². The summed E-state index contributed by atoms with van der Waals surface area (Å²) in [6, 6.07) is 22.3. The van der Waals surface area contributed by atoms with Crippen molar-refractivity contribution in [2.45, 2.75) is 25.4 Å². The van der Waals surface area contributed by atoms with Crippen molar-refractivity contribution in [3.05, 3.63) is 95.6 Å². The van der Waals surface area contributed by atoms with E-state index in [1.54, 1.807) is 18.5 Å². The second kappa shape index (κ2) is 7.60. The third-order valence-corrected chi connectivity index (χ3v) is 5.52. The Balaban J connectivity index is 1.24. The van der Waals surface area contributed by atoms with Gasteiger partial charge in [0.1, 0.15) is 12.1 Å². The lowest BCUT2D eigenvalue weighted by Crippen LogP contribution is -2.28. The average molecular weight is 384 g/mol. The standard InChI is InChI=1S/C24H21FN4/c25-22-9-8-19-12-23(13-21(19)11-22)26-14-16-4-6-17(7-5-16)18-2-1-3-20(10-18)24-27-15-28-29-24/h1-11,15,23,26H,12-14H2,(H,27,28,29). The molecule has 0 radical (unpaired) electrons. The minimum Gasteiger partial charge on any atom is -0.309 e. The molecular formula is C24H21FN4. The lowest BCUT2D eigenvalue weighted by Gasteiger charge is -2.12. The third kappa shape index (κ3) is 3.82. The Morgan fingerprint density at radius 1 is 0.897 bits per heavy atom. The first-order valence-corrected chi connectivity index (χ1v) is 9.81. The molecule has 0 amide bonds. The zero-order valence-corrected chi connectivity index (χ0v) is 15.9. The molecule has 29 heavy (non-hydrogen) atoms. The fraction of sp³-hybridized carbons (Fsp3) is 0.167. The van der Waals surface area contributed by atoms with Gasteiger partial charge in [-0.25, -0.2) is 9.37 Å². The van der Waals surface area contributed by atoms with Crippen molar-refractivity contribution in [2.24, 2.45) is 0 Å². The summed E-state index contributed by atoms with van der Waals surface area (Å²) in [6.07, 6.45) is 3.43. The largest absolute Gasteiger partial charge is 0.309 e. The molecule has 2 N–H and O–H groups in total. The number of nitrogens with one attached hydrogen (secondary N) is 2. The van der Waals surface area contributed by atoms with Gasteiger partial charge in [0.25, 0.3) is 0 Å². The maximum absolute atomic E-state index is 13.4. The van der Waals surface area contributed by atoms with Crippen LogP contribution in [0.1, 0.15) is 16.7 Å². The highest BCUT2D eigenvalue weighted by molar-refractivity contribution is 5.70. The molecule has 0 fully saturated rings. The highest BCUT2D eigenvalue weighted by Crippen LogP contribution is 2.26. The molecular weight excluding hydrogens is 363 g/mol. The van der Waals surface area contributed by atoms with Crippen molar-refractivity contribution in [1.82, 2.24) is 20.5 Å². The molecule has 1 aromatic heterocycles. The Bertz CT molecular complexity index is 1120. The summed E-state index contributed by atoms with van der Waals surface area (Å²) in [6.45, 7) is 0.804. The number of aromatic nitrogens is 3. The molecule has 0 saturated carbocycles. The third-order valence-electron chi connectivity index (χ3n) is 5.52. The molecule has 1 aliphatic rings. The molecule has 144 valence electrons. The second-order valence-electron chi connectivity index (χ2n) is 7.50. The van der Waals surface area contributed by atoms with Gasteiger partial charge in [-0.1, -0.05) is 48.5 Å². The molecule has 1 aliphatic carbocycles. The second-order valence-corrected chi connectivity index (χ2v) is 7.50. The summed E-state index contributed by atoms with van der Waals surface area (Å²) in [4.78, 5) is 4.22. The number of hydrogen-bond acceptors (Lipinski definition) is 3. The van der Waals surface area contributed by atoms with Gasteiger partial charge in [-0.2, -0.15) is 5.10 Å². The fourth-order valence-electron chi connectivity index (χ4n) is 3.99. The molecule has 0 saturated heterocycles. The van der Waals surface area contributed by atoms with E-state index >= 15 is 0 Å². The highest BCUT2D eigenvalue weighted by atomic mass is 19.1. The Kier molecular flexibility index (Phi) is 4.66. The molecule has 3 aromatic carbocycles. The number of fused-ring (bicyclic) bond motifs is 1. The van der Waals surface area contributed by atoms with Crippen LogP contribution in [-0.4, -0.2) is 21.2 Å². The van der Waals surface area contributed by atoms with Gasteiger partial charge in [0, 0.05) is 18.2 Å². The van der Waals surface area contributed by atoms with Crippen molar-refractivity contribution >= 4 is 0 Å². The van der Waals surface area contributed by atoms with Crippen molar-refractivity contribution < 1.29 is 4.39 Å². The van der Waals surface area contributed by atoms with Crippen molar-refractivity contribution in [1.29, 1.82) is 0 Å². The summed E-state index contributed by atoms with van der Waals surface area (Å²) < 4.78 is 13.4. The van der Waals surface area contributed by atoms with Gasteiger partial charge in [0.05, 0.1) is 0 Å². The Hall–Kier alpha value is -3.31. The number of nitrogens with zero attached hydrogens (tertiary/aromatic N) is 2. The normalized spacial score (nSPS) is 15.4. The van der Waals surface area contributed by atoms with Crippen LogP contribution in [0.25, 0.3) is 22.5 Å². The number of halogens is 1. The van der Waals surface area contributed by atoms with Crippen molar-refractivity contribution in [2.75, 3.05) is 0 Å². The number of H-pyrrole nitrogens is 1. The average Bonchev–Trinajstić information content (AvgIpc) is 3.42. The van der Waals surface area contributed by atoms with Crippen LogP contribution in [0.4, 0.5) is 4.39 Å². The van der Waals surface area contributed by atoms with Gasteiger partial charge < -0.3 is 5.32 Å². The fourth-order valence-corrected chi connectivity index (χ4v) is 3.99. The number of aromatic amines is 1. The van der Waals surface area contributed by atoms with Gasteiger partial charge >= 0.3 is 0 Å². The molecule has 4 aromatic rings. The van der Waals surface area contributed by atoms with Crippen LogP contribution >= 0.6 is 0 Å². The number of benzene rings is 3. The van der Waals surface area contributed by atoms with E-state index in [-0.39, 0.29) is 5.82 Å². The maximum Gasteiger partial charge on any atom is 0.180 e. The summed E-state index contributed by atoms with van der Waals surface area (Å²) in [7, 11) is 0. The lowest BCUT2D eigenvalue weighted by molar-refractivity contribution is 0.532. The molecule has 4 nitrogen and oxygen atoms in total. The van der Waals surface area contributed by atoms with Crippen LogP contribution in [-0.2, 0) is 19.4 Å². The molecule has 1 unspecified atom stereocenters. The molecule has 1 atom stereocenters. The van der Waals surface area contributed by atoms with E-state index in [9.17, 15) is 4.39 Å². The van der Waals surface area contributed by atoms with Crippen LogP contribution in [0.5, 0.6) is 0 Å². The summed E-state index contributed by atoms with van der Waals surface area (Å²) in [5.41, 5.74) is 6.91. The van der Waals surface area contributed by atoms with E-state index in [0.29, 0.717) is 11.9 Å². The Labute approximate surface area is 168 Å². The molecule has 0 bridgehead atoms. The highest BCUT2D eigenvalue weighted by Gasteiger charge is 2.21. The van der Waals surface area contributed by atoms with Crippen LogP contribution in [0.15, 0.2) is 73.1 Å². The first-order chi connectivity index (χ1) is 14.2. The zero-order valence-electron chi connectivity index (χ0n) is 15.9. The quantitative estimate of drug-likeness (QED) is 0.531. The smallest absolute Gasteiger partial charge is 0.180 e. The van der Waals surface area contributed by atoms with Gasteiger partial charge in [0.15, 0.2) is 5.82 Å². The zero-order chi connectivity index (χ0) is 19.6. The van der Waals surface area contributed by atoms with E-state index in [1.807, 2.05) is 18.2 Å². The predicted octanol–water partition coefficient (Wildman–Crippen LogP) is 4.53. The Morgan fingerprint density at radius 3 is 2.55 bits per heavy atom. The van der Waals surface area contributed by atoms with Crippen molar-refractivity contribution in [3.8, 4) is 22.5 Å². The van der Waals surface area contributed by atoms with Gasteiger partial charge in [-0.05, 0) is 58.9 Å². The van der Waals surface area contributed by atoms with Crippen LogP contribution in [0.2, 0.25) is 0 Å². The van der Waals surface area contributed by atoms with E-state index < -0.39 is 0 Å². The number of rotatable bonds is 5. The topological polar surface area (TPSA) is 53.6 Å². The predicted molar refractivity (Wildman–Crippen MR) is 112 cm³/mol. The summed E-state index contributed by atoms with van der Waals surface area (Å²) >= 11 is 0. The summed E-state index contributed by atoms with van der Waals surface area (Å²) in [5, 5.41) is 10.5.